The summed E-state index contributed by atoms with van der Waals surface area (Å²) in [6.07, 6.45) is 1.81. The number of rotatable bonds is 5. The number of nitrogens with zero attached hydrogens (tertiary/aromatic N) is 3. The highest BCUT2D eigenvalue weighted by atomic mass is 32.1. The van der Waals surface area contributed by atoms with Gasteiger partial charge in [-0.15, -0.1) is 0 Å². The molecule has 1 unspecified atom stereocenters. The lowest BCUT2D eigenvalue weighted by Crippen LogP contribution is -2.29. The van der Waals surface area contributed by atoms with Gasteiger partial charge in [-0.2, -0.15) is 0 Å². The summed E-state index contributed by atoms with van der Waals surface area (Å²) < 4.78 is 2.87. The van der Waals surface area contributed by atoms with E-state index in [1.807, 2.05) is 18.3 Å². The minimum absolute atomic E-state index is 0.320. The van der Waals surface area contributed by atoms with Crippen molar-refractivity contribution in [1.82, 2.24) is 19.4 Å². The van der Waals surface area contributed by atoms with E-state index in [0.29, 0.717) is 6.04 Å². The second-order valence-corrected chi connectivity index (χ2v) is 4.90. The Morgan fingerprint density at radius 2 is 2.17 bits per heavy atom. The Labute approximate surface area is 113 Å². The topological polar surface area (TPSA) is 36.9 Å². The molecule has 0 bridgehead atoms. The molecule has 2 rings (SSSR count). The number of imidazole rings is 1. The van der Waals surface area contributed by atoms with Crippen LogP contribution in [0.4, 0.5) is 0 Å². The maximum Gasteiger partial charge on any atom is 0.179 e. The third kappa shape index (κ3) is 2.47. The first-order chi connectivity index (χ1) is 8.67. The van der Waals surface area contributed by atoms with Gasteiger partial charge in [-0.05, 0) is 44.4 Å². The first-order valence-electron chi connectivity index (χ1n) is 6.45. The third-order valence-corrected chi connectivity index (χ3v) is 3.63. The first-order valence-corrected chi connectivity index (χ1v) is 6.85. The number of aromatic amines is 1. The van der Waals surface area contributed by atoms with Gasteiger partial charge in [-0.1, -0.05) is 13.8 Å². The fourth-order valence-corrected chi connectivity index (χ4v) is 2.68. The number of H-pyrrole nitrogens is 1. The Morgan fingerprint density at radius 3 is 2.83 bits per heavy atom. The van der Waals surface area contributed by atoms with Crippen molar-refractivity contribution < 1.29 is 0 Å². The summed E-state index contributed by atoms with van der Waals surface area (Å²) in [7, 11) is 0. The van der Waals surface area contributed by atoms with Crippen LogP contribution < -0.4 is 0 Å². The van der Waals surface area contributed by atoms with E-state index in [4.69, 9.17) is 12.2 Å². The molecule has 0 saturated heterocycles. The Morgan fingerprint density at radius 1 is 1.44 bits per heavy atom. The van der Waals surface area contributed by atoms with Crippen LogP contribution in [0.2, 0.25) is 0 Å². The monoisotopic (exact) mass is 264 g/mol. The molecule has 2 aromatic heterocycles. The predicted octanol–water partition coefficient (Wildman–Crippen LogP) is 3.00. The Balaban J connectivity index is 2.35. The minimum atomic E-state index is 0.320. The zero-order valence-corrected chi connectivity index (χ0v) is 12.0. The van der Waals surface area contributed by atoms with Crippen molar-refractivity contribution in [2.45, 2.75) is 26.8 Å². The molecule has 0 aliphatic carbocycles. The molecule has 2 aromatic rings. The molecule has 5 heteroatoms. The highest BCUT2D eigenvalue weighted by Gasteiger charge is 2.14. The highest BCUT2D eigenvalue weighted by molar-refractivity contribution is 7.71. The Bertz CT molecular complexity index is 568. The number of fused-ring (bicyclic) bond motifs is 1. The lowest BCUT2D eigenvalue weighted by molar-refractivity contribution is 0.262. The summed E-state index contributed by atoms with van der Waals surface area (Å²) in [5.41, 5.74) is 1.95. The minimum Gasteiger partial charge on any atom is -0.329 e. The maximum absolute atomic E-state index is 5.40. The van der Waals surface area contributed by atoms with Crippen LogP contribution in [0.15, 0.2) is 18.3 Å². The van der Waals surface area contributed by atoms with Gasteiger partial charge in [0.2, 0.25) is 0 Å². The van der Waals surface area contributed by atoms with E-state index in [-0.39, 0.29) is 0 Å². The van der Waals surface area contributed by atoms with Crippen molar-refractivity contribution in [2.75, 3.05) is 19.6 Å². The molecule has 0 saturated carbocycles. The predicted molar refractivity (Wildman–Crippen MR) is 77.4 cm³/mol. The second kappa shape index (κ2) is 5.63. The molecule has 0 radical (unpaired) electrons. The van der Waals surface area contributed by atoms with E-state index in [0.717, 1.165) is 35.6 Å². The summed E-state index contributed by atoms with van der Waals surface area (Å²) in [6.45, 7) is 9.67. The number of aromatic nitrogens is 3. The van der Waals surface area contributed by atoms with E-state index in [2.05, 4.69) is 40.2 Å². The Hall–Kier alpha value is -1.20. The van der Waals surface area contributed by atoms with E-state index < -0.39 is 0 Å². The Kier molecular flexibility index (Phi) is 4.14. The standard InChI is InChI=1S/C13H20N4S/c1-4-16(5-2)9-10(3)17-12-11(15-13(17)18)7-6-8-14-12/h6-8,10H,4-5,9H2,1-3H3,(H,15,18). The SMILES string of the molecule is CCN(CC)CC(C)n1c(=S)[nH]c2cccnc21. The van der Waals surface area contributed by atoms with Crippen LogP contribution in [0.1, 0.15) is 26.8 Å². The molecule has 0 fully saturated rings. The molecular formula is C13H20N4S. The normalized spacial score (nSPS) is 13.3. The second-order valence-electron chi connectivity index (χ2n) is 4.51. The van der Waals surface area contributed by atoms with E-state index in [1.165, 1.54) is 0 Å². The molecule has 0 amide bonds. The van der Waals surface area contributed by atoms with E-state index in [9.17, 15) is 0 Å². The number of pyridine rings is 1. The first kappa shape index (κ1) is 13.2. The highest BCUT2D eigenvalue weighted by Crippen LogP contribution is 2.17. The molecule has 1 N–H and O–H groups in total. The molecule has 98 valence electrons. The summed E-state index contributed by atoms with van der Waals surface area (Å²) in [5, 5.41) is 0. The summed E-state index contributed by atoms with van der Waals surface area (Å²) in [6, 6.07) is 4.26. The van der Waals surface area contributed by atoms with Gasteiger partial charge in [0.25, 0.3) is 0 Å². The van der Waals surface area contributed by atoms with Gasteiger partial charge >= 0.3 is 0 Å². The van der Waals surface area contributed by atoms with Crippen LogP contribution in [-0.4, -0.2) is 39.1 Å². The zero-order valence-electron chi connectivity index (χ0n) is 11.2. The number of hydrogen-bond donors (Lipinski definition) is 1. The van der Waals surface area contributed by atoms with Gasteiger partial charge in [0, 0.05) is 18.8 Å². The fraction of sp³-hybridized carbons (Fsp3) is 0.538. The largest absolute Gasteiger partial charge is 0.329 e. The third-order valence-electron chi connectivity index (χ3n) is 3.33. The molecule has 18 heavy (non-hydrogen) atoms. The molecule has 4 nitrogen and oxygen atoms in total. The molecular weight excluding hydrogens is 244 g/mol. The van der Waals surface area contributed by atoms with E-state index in [1.54, 1.807) is 0 Å². The van der Waals surface area contributed by atoms with Crippen LogP contribution in [0.3, 0.4) is 0 Å². The zero-order chi connectivity index (χ0) is 13.1. The van der Waals surface area contributed by atoms with Crippen molar-refractivity contribution in [3.8, 4) is 0 Å². The van der Waals surface area contributed by atoms with Crippen molar-refractivity contribution in [2.24, 2.45) is 0 Å². The van der Waals surface area contributed by atoms with Crippen molar-refractivity contribution in [3.05, 3.63) is 23.1 Å². The van der Waals surface area contributed by atoms with Crippen molar-refractivity contribution in [3.63, 3.8) is 0 Å². The smallest absolute Gasteiger partial charge is 0.179 e. The van der Waals surface area contributed by atoms with Gasteiger partial charge in [0.15, 0.2) is 10.4 Å². The summed E-state index contributed by atoms with van der Waals surface area (Å²) >= 11 is 5.40. The lowest BCUT2D eigenvalue weighted by atomic mass is 10.3. The summed E-state index contributed by atoms with van der Waals surface area (Å²) in [4.78, 5) is 10.0. The lowest BCUT2D eigenvalue weighted by Gasteiger charge is -2.23. The number of hydrogen-bond acceptors (Lipinski definition) is 3. The molecule has 1 atom stereocenters. The van der Waals surface area contributed by atoms with Crippen LogP contribution in [0.5, 0.6) is 0 Å². The fourth-order valence-electron chi connectivity index (χ4n) is 2.30. The molecule has 0 spiro atoms. The van der Waals surface area contributed by atoms with Gasteiger partial charge < -0.3 is 9.88 Å². The van der Waals surface area contributed by atoms with Gasteiger partial charge in [-0.3, -0.25) is 4.57 Å². The van der Waals surface area contributed by atoms with Crippen molar-refractivity contribution >= 4 is 23.4 Å². The summed E-state index contributed by atoms with van der Waals surface area (Å²) in [5.74, 6) is 0. The van der Waals surface area contributed by atoms with Crippen molar-refractivity contribution in [1.29, 1.82) is 0 Å². The average molecular weight is 264 g/mol. The van der Waals surface area contributed by atoms with Gasteiger partial charge in [0.1, 0.15) is 0 Å². The molecule has 2 heterocycles. The quantitative estimate of drug-likeness (QED) is 0.843. The maximum atomic E-state index is 5.40. The van der Waals surface area contributed by atoms with Crippen LogP contribution in [-0.2, 0) is 0 Å². The molecule has 0 aliphatic rings. The molecule has 0 aromatic carbocycles. The van der Waals surface area contributed by atoms with E-state index >= 15 is 0 Å². The van der Waals surface area contributed by atoms with Crippen LogP contribution in [0, 0.1) is 4.77 Å². The number of nitrogens with one attached hydrogen (secondary N) is 1. The molecule has 0 aliphatic heterocycles. The van der Waals surface area contributed by atoms with Gasteiger partial charge in [-0.25, -0.2) is 4.98 Å². The average Bonchev–Trinajstić information content (AvgIpc) is 2.71. The van der Waals surface area contributed by atoms with Crippen LogP contribution in [0.25, 0.3) is 11.2 Å². The van der Waals surface area contributed by atoms with Gasteiger partial charge in [0.05, 0.1) is 5.52 Å². The van der Waals surface area contributed by atoms with Crippen LogP contribution >= 0.6 is 12.2 Å². The number of likely N-dealkylation sites (N-methyl/N-ethyl adjacent to an activating group) is 1.